The number of nitrogens with zero attached hydrogens (tertiary/aromatic N) is 1. The summed E-state index contributed by atoms with van der Waals surface area (Å²) in [5.74, 6) is 0. The minimum Gasteiger partial charge on any atom is -0.320 e. The van der Waals surface area contributed by atoms with Gasteiger partial charge in [-0.05, 0) is 37.5 Å². The number of allylic oxidation sites excluding steroid dienone is 4. The Morgan fingerprint density at radius 1 is 1.23 bits per heavy atom. The zero-order valence-corrected chi connectivity index (χ0v) is 9.71. The number of hydrogen-bond donors (Lipinski definition) is 0. The maximum absolute atomic E-state index is 2.74. The van der Waals surface area contributed by atoms with Crippen molar-refractivity contribution in [2.75, 3.05) is 13.1 Å². The van der Waals surface area contributed by atoms with Crippen molar-refractivity contribution < 1.29 is 0 Å². The van der Waals surface area contributed by atoms with E-state index in [1.165, 1.54) is 32.4 Å². The van der Waals surface area contributed by atoms with Crippen LogP contribution in [0.2, 0.25) is 13.1 Å². The first-order valence-corrected chi connectivity index (χ1v) is 8.28. The highest BCUT2D eigenvalue weighted by molar-refractivity contribution is 6.82. The molecule has 1 heterocycles. The van der Waals surface area contributed by atoms with E-state index in [0.717, 1.165) is 0 Å². The van der Waals surface area contributed by atoms with E-state index in [4.69, 9.17) is 0 Å². The molecular weight excluding hydrogens is 174 g/mol. The van der Waals surface area contributed by atoms with Crippen LogP contribution in [0.4, 0.5) is 0 Å². The molecule has 1 aliphatic heterocycles. The zero-order chi connectivity index (χ0) is 9.31. The largest absolute Gasteiger partial charge is 0.320 e. The monoisotopic (exact) mass is 193 g/mol. The Kier molecular flexibility index (Phi) is 2.43. The summed E-state index contributed by atoms with van der Waals surface area (Å²) in [7, 11) is -1.23. The third kappa shape index (κ3) is 1.65. The molecule has 2 aliphatic rings. The van der Waals surface area contributed by atoms with Gasteiger partial charge in [0.05, 0.1) is 0 Å². The van der Waals surface area contributed by atoms with Crippen LogP contribution in [-0.4, -0.2) is 25.9 Å². The minimum absolute atomic E-state index is 1.17. The average Bonchev–Trinajstić information content (AvgIpc) is 2.78. The van der Waals surface area contributed by atoms with Gasteiger partial charge in [-0.3, -0.25) is 0 Å². The molecule has 0 N–H and O–H groups in total. The first-order valence-electron chi connectivity index (χ1n) is 5.33. The van der Waals surface area contributed by atoms with Crippen molar-refractivity contribution >= 4 is 8.24 Å². The predicted octanol–water partition coefficient (Wildman–Crippen LogP) is 2.71. The molecule has 2 rings (SSSR count). The summed E-state index contributed by atoms with van der Waals surface area (Å²) < 4.78 is 2.74. The molecule has 72 valence electrons. The highest BCUT2D eigenvalue weighted by Crippen LogP contribution is 2.27. The molecule has 0 atom stereocenters. The van der Waals surface area contributed by atoms with Crippen LogP contribution in [0, 0.1) is 0 Å². The van der Waals surface area contributed by atoms with Crippen LogP contribution >= 0.6 is 0 Å². The van der Waals surface area contributed by atoms with Crippen LogP contribution in [0.1, 0.15) is 19.3 Å². The van der Waals surface area contributed by atoms with E-state index in [9.17, 15) is 0 Å². The summed E-state index contributed by atoms with van der Waals surface area (Å²) in [5.41, 5.74) is 0. The Morgan fingerprint density at radius 3 is 2.46 bits per heavy atom. The fourth-order valence-electron chi connectivity index (χ4n) is 2.37. The fourth-order valence-corrected chi connectivity index (χ4v) is 5.31. The fraction of sp³-hybridized carbons (Fsp3) is 0.636. The summed E-state index contributed by atoms with van der Waals surface area (Å²) in [6, 6.07) is 0. The summed E-state index contributed by atoms with van der Waals surface area (Å²) in [6.45, 7) is 7.65. The topological polar surface area (TPSA) is 3.24 Å². The van der Waals surface area contributed by atoms with Crippen molar-refractivity contribution in [2.45, 2.75) is 32.4 Å². The van der Waals surface area contributed by atoms with Gasteiger partial charge in [0.1, 0.15) is 0 Å². The van der Waals surface area contributed by atoms with Crippen molar-refractivity contribution in [1.82, 2.24) is 4.57 Å². The molecule has 0 aromatic rings. The van der Waals surface area contributed by atoms with E-state index in [2.05, 4.69) is 35.9 Å². The molecule has 1 aliphatic carbocycles. The van der Waals surface area contributed by atoms with E-state index in [1.807, 2.05) is 0 Å². The molecule has 1 saturated heterocycles. The number of rotatable bonds is 2. The zero-order valence-electron chi connectivity index (χ0n) is 8.71. The maximum atomic E-state index is 2.74. The second-order valence-corrected chi connectivity index (χ2v) is 8.88. The molecule has 13 heavy (non-hydrogen) atoms. The van der Waals surface area contributed by atoms with Crippen LogP contribution in [-0.2, 0) is 0 Å². The highest BCUT2D eigenvalue weighted by Gasteiger charge is 2.34. The van der Waals surface area contributed by atoms with E-state index in [-0.39, 0.29) is 0 Å². The lowest BCUT2D eigenvalue weighted by Crippen LogP contribution is -2.48. The first-order chi connectivity index (χ1) is 6.21. The lowest BCUT2D eigenvalue weighted by atomic mass is 10.4. The normalized spacial score (nSPS) is 24.0. The molecule has 0 bridgehead atoms. The molecule has 1 fully saturated rings. The summed E-state index contributed by atoms with van der Waals surface area (Å²) in [5, 5.41) is 1.65. The van der Waals surface area contributed by atoms with Crippen molar-refractivity contribution in [3.63, 3.8) is 0 Å². The molecule has 0 aromatic heterocycles. The Bertz CT molecular complexity index is 247. The van der Waals surface area contributed by atoms with Crippen LogP contribution in [0.15, 0.2) is 23.4 Å². The quantitative estimate of drug-likeness (QED) is 0.610. The van der Waals surface area contributed by atoms with Crippen molar-refractivity contribution in [3.05, 3.63) is 23.4 Å². The molecule has 0 amide bonds. The molecule has 0 spiro atoms. The highest BCUT2D eigenvalue weighted by atomic mass is 28.3. The van der Waals surface area contributed by atoms with Crippen LogP contribution in [0.25, 0.3) is 0 Å². The molecule has 0 radical (unpaired) electrons. The van der Waals surface area contributed by atoms with E-state index in [1.54, 1.807) is 5.20 Å². The van der Waals surface area contributed by atoms with Gasteiger partial charge in [-0.2, -0.15) is 0 Å². The van der Waals surface area contributed by atoms with E-state index in [0.29, 0.717) is 0 Å². The van der Waals surface area contributed by atoms with Gasteiger partial charge in [-0.1, -0.05) is 31.3 Å². The van der Waals surface area contributed by atoms with Gasteiger partial charge >= 0.3 is 0 Å². The van der Waals surface area contributed by atoms with E-state index >= 15 is 0 Å². The molecule has 1 nitrogen and oxygen atoms in total. The lowest BCUT2D eigenvalue weighted by molar-refractivity contribution is 0.526. The molecule has 2 heteroatoms. The third-order valence-electron chi connectivity index (χ3n) is 3.37. The smallest absolute Gasteiger partial charge is 0.153 e. The van der Waals surface area contributed by atoms with Crippen LogP contribution in [0.5, 0.6) is 0 Å². The second-order valence-electron chi connectivity index (χ2n) is 4.55. The predicted molar refractivity (Wildman–Crippen MR) is 60.1 cm³/mol. The van der Waals surface area contributed by atoms with Gasteiger partial charge in [0, 0.05) is 0 Å². The van der Waals surface area contributed by atoms with Crippen LogP contribution < -0.4 is 0 Å². The van der Waals surface area contributed by atoms with Gasteiger partial charge in [0.15, 0.2) is 8.24 Å². The molecule has 0 aromatic carbocycles. The van der Waals surface area contributed by atoms with Gasteiger partial charge in [0.25, 0.3) is 0 Å². The van der Waals surface area contributed by atoms with Crippen molar-refractivity contribution in [1.29, 1.82) is 0 Å². The van der Waals surface area contributed by atoms with Gasteiger partial charge in [-0.15, -0.1) is 0 Å². The molecular formula is C11H19NSi. The SMILES string of the molecule is C[Si](C)(C1=CCC=C1)N1CCCC1. The Labute approximate surface area is 82.2 Å². The first kappa shape index (κ1) is 9.22. The summed E-state index contributed by atoms with van der Waals surface area (Å²) >= 11 is 0. The average molecular weight is 193 g/mol. The standard InChI is InChI=1S/C11H19NSi/c1-13(2,11-7-3-4-8-11)12-9-5-6-10-12/h3,7-8H,4-6,9-10H2,1-2H3. The number of hydrogen-bond acceptors (Lipinski definition) is 1. The Hall–Kier alpha value is -0.343. The van der Waals surface area contributed by atoms with Crippen molar-refractivity contribution in [2.24, 2.45) is 0 Å². The van der Waals surface area contributed by atoms with Crippen LogP contribution in [0.3, 0.4) is 0 Å². The minimum atomic E-state index is -1.23. The van der Waals surface area contributed by atoms with Gasteiger partial charge < -0.3 is 4.57 Å². The Balaban J connectivity index is 2.13. The second kappa shape index (κ2) is 3.43. The van der Waals surface area contributed by atoms with Crippen molar-refractivity contribution in [3.8, 4) is 0 Å². The Morgan fingerprint density at radius 2 is 1.92 bits per heavy atom. The van der Waals surface area contributed by atoms with Gasteiger partial charge in [0.2, 0.25) is 0 Å². The van der Waals surface area contributed by atoms with Gasteiger partial charge in [-0.25, -0.2) is 0 Å². The lowest BCUT2D eigenvalue weighted by Gasteiger charge is -2.33. The third-order valence-corrected chi connectivity index (χ3v) is 7.19. The summed E-state index contributed by atoms with van der Waals surface area (Å²) in [4.78, 5) is 0. The molecule has 0 unspecified atom stereocenters. The summed E-state index contributed by atoms with van der Waals surface area (Å²) in [6.07, 6.45) is 11.1. The van der Waals surface area contributed by atoms with E-state index < -0.39 is 8.24 Å². The maximum Gasteiger partial charge on any atom is 0.153 e. The molecule has 0 saturated carbocycles.